The molecule has 0 atom stereocenters. The van der Waals surface area contributed by atoms with Crippen LogP contribution >= 0.6 is 12.4 Å². The van der Waals surface area contributed by atoms with E-state index in [1.165, 1.54) is 22.3 Å². The van der Waals surface area contributed by atoms with Gasteiger partial charge < -0.3 is 14.4 Å². The third-order valence-electron chi connectivity index (χ3n) is 4.73. The standard InChI is InChI=1S/C20H25NO2.ClH/c1-21-10-8-17-13-19(22-2)6-4-15(17)12-16-5-7-20(23-3)14-18(16)9-11-21;/h4-7,13-14H,8-12H2,1-3H3;1H. The molecule has 0 unspecified atom stereocenters. The molecule has 3 rings (SSSR count). The normalized spacial score (nSPS) is 14.8. The fourth-order valence-corrected chi connectivity index (χ4v) is 3.21. The van der Waals surface area contributed by atoms with E-state index in [2.05, 4.69) is 48.3 Å². The van der Waals surface area contributed by atoms with Gasteiger partial charge in [0.15, 0.2) is 0 Å². The van der Waals surface area contributed by atoms with Gasteiger partial charge >= 0.3 is 0 Å². The summed E-state index contributed by atoms with van der Waals surface area (Å²) < 4.78 is 10.8. The maximum Gasteiger partial charge on any atom is 0.119 e. The van der Waals surface area contributed by atoms with Gasteiger partial charge in [-0.25, -0.2) is 0 Å². The molecule has 0 saturated heterocycles. The molecule has 0 fully saturated rings. The van der Waals surface area contributed by atoms with Crippen molar-refractivity contribution in [3.8, 4) is 11.5 Å². The molecule has 4 heteroatoms. The number of rotatable bonds is 2. The molecule has 0 N–H and O–H groups in total. The molecular formula is C20H26ClNO2. The van der Waals surface area contributed by atoms with Crippen molar-refractivity contribution in [2.24, 2.45) is 0 Å². The minimum Gasteiger partial charge on any atom is -0.497 e. The van der Waals surface area contributed by atoms with E-state index < -0.39 is 0 Å². The SMILES string of the molecule is COc1ccc2c(c1)CCN(C)CCc1cc(OC)ccc1C2.Cl. The van der Waals surface area contributed by atoms with E-state index in [-0.39, 0.29) is 12.4 Å². The van der Waals surface area contributed by atoms with E-state index in [9.17, 15) is 0 Å². The van der Waals surface area contributed by atoms with Crippen LogP contribution < -0.4 is 9.47 Å². The molecule has 0 aromatic heterocycles. The average Bonchev–Trinajstić information content (AvgIpc) is 2.59. The highest BCUT2D eigenvalue weighted by atomic mass is 35.5. The zero-order chi connectivity index (χ0) is 16.2. The Balaban J connectivity index is 0.00000208. The van der Waals surface area contributed by atoms with E-state index >= 15 is 0 Å². The number of ether oxygens (including phenoxy) is 2. The van der Waals surface area contributed by atoms with Crippen LogP contribution in [0.1, 0.15) is 22.3 Å². The molecule has 3 nitrogen and oxygen atoms in total. The molecule has 0 saturated carbocycles. The molecule has 0 amide bonds. The van der Waals surface area contributed by atoms with Gasteiger partial charge in [0.05, 0.1) is 14.2 Å². The van der Waals surface area contributed by atoms with Crippen LogP contribution in [0.3, 0.4) is 0 Å². The highest BCUT2D eigenvalue weighted by molar-refractivity contribution is 5.85. The second-order valence-electron chi connectivity index (χ2n) is 6.25. The van der Waals surface area contributed by atoms with Crippen molar-refractivity contribution in [3.63, 3.8) is 0 Å². The minimum absolute atomic E-state index is 0. The van der Waals surface area contributed by atoms with Gasteiger partial charge in [0.2, 0.25) is 0 Å². The zero-order valence-electron chi connectivity index (χ0n) is 14.7. The topological polar surface area (TPSA) is 21.7 Å². The maximum absolute atomic E-state index is 5.40. The first-order valence-electron chi connectivity index (χ1n) is 8.19. The fraction of sp³-hybridized carbons (Fsp3) is 0.400. The summed E-state index contributed by atoms with van der Waals surface area (Å²) in [5.74, 6) is 1.89. The number of benzene rings is 2. The Hall–Kier alpha value is -1.71. The van der Waals surface area contributed by atoms with E-state index in [0.29, 0.717) is 0 Å². The Morgan fingerprint density at radius 2 is 1.21 bits per heavy atom. The quantitative estimate of drug-likeness (QED) is 0.826. The molecule has 0 spiro atoms. The molecule has 1 aliphatic heterocycles. The number of methoxy groups -OCH3 is 2. The number of hydrogen-bond acceptors (Lipinski definition) is 3. The van der Waals surface area contributed by atoms with Crippen molar-refractivity contribution < 1.29 is 9.47 Å². The summed E-state index contributed by atoms with van der Waals surface area (Å²) >= 11 is 0. The lowest BCUT2D eigenvalue weighted by molar-refractivity contribution is 0.340. The summed E-state index contributed by atoms with van der Waals surface area (Å²) in [4.78, 5) is 2.40. The average molecular weight is 348 g/mol. The predicted molar refractivity (Wildman–Crippen MR) is 101 cm³/mol. The van der Waals surface area contributed by atoms with Crippen molar-refractivity contribution in [2.45, 2.75) is 19.3 Å². The summed E-state index contributed by atoms with van der Waals surface area (Å²) in [5.41, 5.74) is 5.57. The Morgan fingerprint density at radius 1 is 0.750 bits per heavy atom. The Bertz CT molecular complexity index is 630. The number of likely N-dealkylation sites (N-methyl/N-ethyl adjacent to an activating group) is 1. The number of halogens is 1. The molecule has 0 aliphatic carbocycles. The fourth-order valence-electron chi connectivity index (χ4n) is 3.21. The molecule has 2 aromatic carbocycles. The van der Waals surface area contributed by atoms with E-state index in [0.717, 1.165) is 43.9 Å². The van der Waals surface area contributed by atoms with Crippen LogP contribution in [-0.2, 0) is 19.3 Å². The van der Waals surface area contributed by atoms with Gasteiger partial charge in [0.1, 0.15) is 11.5 Å². The number of nitrogens with zero attached hydrogens (tertiary/aromatic N) is 1. The third-order valence-corrected chi connectivity index (χ3v) is 4.73. The van der Waals surface area contributed by atoms with Gasteiger partial charge in [0.25, 0.3) is 0 Å². The van der Waals surface area contributed by atoms with Crippen molar-refractivity contribution in [2.75, 3.05) is 34.4 Å². The van der Waals surface area contributed by atoms with Crippen LogP contribution in [0.5, 0.6) is 11.5 Å². The molecule has 0 bridgehead atoms. The summed E-state index contributed by atoms with van der Waals surface area (Å²) in [6, 6.07) is 12.9. The molecule has 24 heavy (non-hydrogen) atoms. The first-order valence-corrected chi connectivity index (χ1v) is 8.19. The highest BCUT2D eigenvalue weighted by Crippen LogP contribution is 2.26. The van der Waals surface area contributed by atoms with Gasteiger partial charge in [-0.1, -0.05) is 12.1 Å². The highest BCUT2D eigenvalue weighted by Gasteiger charge is 2.13. The van der Waals surface area contributed by atoms with Crippen LogP contribution in [0.4, 0.5) is 0 Å². The molecule has 130 valence electrons. The lowest BCUT2D eigenvalue weighted by atomic mass is 9.92. The van der Waals surface area contributed by atoms with Gasteiger partial charge in [-0.15, -0.1) is 12.4 Å². The zero-order valence-corrected chi connectivity index (χ0v) is 15.5. The van der Waals surface area contributed by atoms with Crippen LogP contribution in [0.15, 0.2) is 36.4 Å². The lowest BCUT2D eigenvalue weighted by Gasteiger charge is -2.22. The van der Waals surface area contributed by atoms with Crippen molar-refractivity contribution in [1.29, 1.82) is 0 Å². The minimum atomic E-state index is 0. The lowest BCUT2D eigenvalue weighted by Crippen LogP contribution is -2.25. The maximum atomic E-state index is 5.40. The van der Waals surface area contributed by atoms with Gasteiger partial charge in [-0.05, 0) is 72.8 Å². The molecule has 1 heterocycles. The summed E-state index contributed by atoms with van der Waals surface area (Å²) in [6.07, 6.45) is 3.10. The molecule has 0 radical (unpaired) electrons. The van der Waals surface area contributed by atoms with Crippen molar-refractivity contribution in [1.82, 2.24) is 4.90 Å². The largest absolute Gasteiger partial charge is 0.497 e. The van der Waals surface area contributed by atoms with E-state index in [4.69, 9.17) is 9.47 Å². The summed E-state index contributed by atoms with van der Waals surface area (Å²) in [7, 11) is 5.66. The van der Waals surface area contributed by atoms with Crippen LogP contribution in [0.2, 0.25) is 0 Å². The number of fused-ring (bicyclic) bond motifs is 2. The van der Waals surface area contributed by atoms with E-state index in [1.54, 1.807) is 14.2 Å². The molecule has 1 aliphatic rings. The Labute approximate surface area is 151 Å². The van der Waals surface area contributed by atoms with Crippen molar-refractivity contribution in [3.05, 3.63) is 58.7 Å². The van der Waals surface area contributed by atoms with Crippen molar-refractivity contribution >= 4 is 12.4 Å². The molecule has 2 aromatic rings. The smallest absolute Gasteiger partial charge is 0.119 e. The Kier molecular flexibility index (Phi) is 6.52. The van der Waals surface area contributed by atoms with Crippen LogP contribution in [-0.4, -0.2) is 39.3 Å². The van der Waals surface area contributed by atoms with Gasteiger partial charge in [0, 0.05) is 13.1 Å². The summed E-state index contributed by atoms with van der Waals surface area (Å²) in [6.45, 7) is 2.14. The van der Waals surface area contributed by atoms with Gasteiger partial charge in [-0.3, -0.25) is 0 Å². The van der Waals surface area contributed by atoms with Crippen LogP contribution in [0.25, 0.3) is 0 Å². The van der Waals surface area contributed by atoms with E-state index in [1.807, 2.05) is 0 Å². The summed E-state index contributed by atoms with van der Waals surface area (Å²) in [5, 5.41) is 0. The Morgan fingerprint density at radius 3 is 1.62 bits per heavy atom. The monoisotopic (exact) mass is 347 g/mol. The predicted octanol–water partition coefficient (Wildman–Crippen LogP) is 3.75. The first-order chi connectivity index (χ1) is 11.2. The first kappa shape index (κ1) is 18.6. The third kappa shape index (κ3) is 4.22. The second-order valence-corrected chi connectivity index (χ2v) is 6.25. The molecular weight excluding hydrogens is 322 g/mol. The second kappa shape index (κ2) is 8.41. The van der Waals surface area contributed by atoms with Crippen LogP contribution in [0, 0.1) is 0 Å². The number of hydrogen-bond donors (Lipinski definition) is 0. The van der Waals surface area contributed by atoms with Gasteiger partial charge in [-0.2, -0.15) is 0 Å².